The zero-order valence-electron chi connectivity index (χ0n) is 17.6. The maximum atomic E-state index is 13.0. The van der Waals surface area contributed by atoms with Gasteiger partial charge in [-0.1, -0.05) is 17.7 Å². The number of H-pyrrole nitrogens is 1. The lowest BCUT2D eigenvalue weighted by Gasteiger charge is -2.35. The third-order valence-electron chi connectivity index (χ3n) is 5.70. The molecular weight excluding hydrogens is 396 g/mol. The summed E-state index contributed by atoms with van der Waals surface area (Å²) in [6, 6.07) is 12.2. The van der Waals surface area contributed by atoms with E-state index in [0.717, 1.165) is 10.1 Å². The van der Waals surface area contributed by atoms with Crippen molar-refractivity contribution >= 4 is 22.7 Å². The van der Waals surface area contributed by atoms with Gasteiger partial charge in [0.15, 0.2) is 0 Å². The minimum Gasteiger partial charge on any atom is -0.335 e. The van der Waals surface area contributed by atoms with Crippen LogP contribution in [0.1, 0.15) is 33.2 Å². The smallest absolute Gasteiger partial charge is 0.328 e. The highest BCUT2D eigenvalue weighted by Gasteiger charge is 2.25. The third-order valence-corrected chi connectivity index (χ3v) is 5.70. The molecule has 2 amide bonds. The number of benzene rings is 2. The first-order chi connectivity index (χ1) is 14.9. The number of carbonyl (C=O) groups is 2. The van der Waals surface area contributed by atoms with E-state index in [0.29, 0.717) is 48.2 Å². The Kier molecular flexibility index (Phi) is 5.46. The lowest BCUT2D eigenvalue weighted by Crippen LogP contribution is -2.50. The second-order valence-electron chi connectivity index (χ2n) is 7.69. The summed E-state index contributed by atoms with van der Waals surface area (Å²) >= 11 is 0. The van der Waals surface area contributed by atoms with E-state index in [9.17, 15) is 19.2 Å². The average molecular weight is 420 g/mol. The summed E-state index contributed by atoms with van der Waals surface area (Å²) in [7, 11) is 0. The number of carbonyl (C=O) groups excluding carboxylic acids is 2. The topological polar surface area (TPSA) is 95.5 Å². The largest absolute Gasteiger partial charge is 0.335 e. The fourth-order valence-electron chi connectivity index (χ4n) is 3.85. The number of aromatic nitrogens is 2. The molecule has 0 bridgehead atoms. The number of piperazine rings is 1. The Morgan fingerprint density at radius 2 is 1.42 bits per heavy atom. The molecule has 4 rings (SSSR count). The van der Waals surface area contributed by atoms with Crippen LogP contribution in [0.4, 0.5) is 0 Å². The van der Waals surface area contributed by atoms with Crippen LogP contribution in [0.25, 0.3) is 10.9 Å². The first-order valence-electron chi connectivity index (χ1n) is 10.3. The lowest BCUT2D eigenvalue weighted by molar-refractivity contribution is 0.0535. The number of aromatic amines is 1. The zero-order chi connectivity index (χ0) is 22.1. The molecule has 1 saturated heterocycles. The minimum atomic E-state index is -0.493. The van der Waals surface area contributed by atoms with Gasteiger partial charge in [0.25, 0.3) is 17.4 Å². The Labute approximate surface area is 178 Å². The highest BCUT2D eigenvalue weighted by molar-refractivity contribution is 5.98. The summed E-state index contributed by atoms with van der Waals surface area (Å²) in [6.45, 7) is 5.71. The van der Waals surface area contributed by atoms with Crippen LogP contribution in [-0.2, 0) is 6.54 Å². The molecule has 160 valence electrons. The van der Waals surface area contributed by atoms with E-state index in [4.69, 9.17) is 0 Å². The molecule has 0 radical (unpaired) electrons. The Morgan fingerprint density at radius 1 is 0.871 bits per heavy atom. The fourth-order valence-corrected chi connectivity index (χ4v) is 3.85. The summed E-state index contributed by atoms with van der Waals surface area (Å²) in [4.78, 5) is 56.2. The molecule has 2 aromatic carbocycles. The Morgan fingerprint density at radius 3 is 2.00 bits per heavy atom. The summed E-state index contributed by atoms with van der Waals surface area (Å²) in [5, 5.41) is 0.367. The standard InChI is InChI=1S/C23H24N4O4/c1-3-27-22(30)18-9-8-17(14-19(18)24-23(27)31)21(29)26-12-10-25(11-13-26)20(28)16-6-4-15(2)5-7-16/h4-9,14H,3,10-13H2,1-2H3,(H,24,31). The highest BCUT2D eigenvalue weighted by Crippen LogP contribution is 2.15. The molecule has 1 aliphatic heterocycles. The number of nitrogens with one attached hydrogen (secondary N) is 1. The highest BCUT2D eigenvalue weighted by atomic mass is 16.2. The average Bonchev–Trinajstić information content (AvgIpc) is 2.78. The Balaban J connectivity index is 1.49. The molecule has 1 N–H and O–H groups in total. The quantitative estimate of drug-likeness (QED) is 0.697. The van der Waals surface area contributed by atoms with Crippen molar-refractivity contribution in [1.82, 2.24) is 19.4 Å². The van der Waals surface area contributed by atoms with Crippen molar-refractivity contribution in [2.75, 3.05) is 26.2 Å². The van der Waals surface area contributed by atoms with E-state index in [-0.39, 0.29) is 23.9 Å². The van der Waals surface area contributed by atoms with Gasteiger partial charge in [-0.25, -0.2) is 4.79 Å². The van der Waals surface area contributed by atoms with E-state index in [2.05, 4.69) is 4.98 Å². The van der Waals surface area contributed by atoms with Gasteiger partial charge in [-0.3, -0.25) is 19.0 Å². The van der Waals surface area contributed by atoms with Gasteiger partial charge in [-0.15, -0.1) is 0 Å². The number of amides is 2. The second-order valence-corrected chi connectivity index (χ2v) is 7.69. The number of fused-ring (bicyclic) bond motifs is 1. The molecule has 8 nitrogen and oxygen atoms in total. The van der Waals surface area contributed by atoms with Gasteiger partial charge in [0.05, 0.1) is 10.9 Å². The molecule has 0 saturated carbocycles. The molecule has 8 heteroatoms. The van der Waals surface area contributed by atoms with Gasteiger partial charge in [-0.2, -0.15) is 0 Å². The van der Waals surface area contributed by atoms with Crippen molar-refractivity contribution < 1.29 is 9.59 Å². The fraction of sp³-hybridized carbons (Fsp3) is 0.304. The Hall–Kier alpha value is -3.68. The van der Waals surface area contributed by atoms with Crippen LogP contribution in [0.3, 0.4) is 0 Å². The summed E-state index contributed by atoms with van der Waals surface area (Å²) in [5.41, 5.74) is 1.61. The molecule has 31 heavy (non-hydrogen) atoms. The van der Waals surface area contributed by atoms with Crippen LogP contribution in [0.15, 0.2) is 52.1 Å². The predicted octanol–water partition coefficient (Wildman–Crippen LogP) is 1.62. The van der Waals surface area contributed by atoms with Crippen molar-refractivity contribution in [1.29, 1.82) is 0 Å². The van der Waals surface area contributed by atoms with Crippen LogP contribution >= 0.6 is 0 Å². The molecule has 2 heterocycles. The molecule has 3 aromatic rings. The van der Waals surface area contributed by atoms with Crippen LogP contribution < -0.4 is 11.2 Å². The van der Waals surface area contributed by atoms with Crippen molar-refractivity contribution in [2.24, 2.45) is 0 Å². The van der Waals surface area contributed by atoms with Gasteiger partial charge in [0.2, 0.25) is 0 Å². The van der Waals surface area contributed by atoms with E-state index in [1.165, 1.54) is 0 Å². The predicted molar refractivity (Wildman–Crippen MR) is 117 cm³/mol. The molecule has 1 aromatic heterocycles. The van der Waals surface area contributed by atoms with Gasteiger partial charge < -0.3 is 14.8 Å². The van der Waals surface area contributed by atoms with Gasteiger partial charge >= 0.3 is 5.69 Å². The zero-order valence-corrected chi connectivity index (χ0v) is 17.6. The van der Waals surface area contributed by atoms with E-state index in [1.807, 2.05) is 31.2 Å². The van der Waals surface area contributed by atoms with E-state index >= 15 is 0 Å². The molecule has 0 aliphatic carbocycles. The van der Waals surface area contributed by atoms with Crippen LogP contribution in [0, 0.1) is 6.92 Å². The Bertz CT molecular complexity index is 1270. The second kappa shape index (κ2) is 8.22. The summed E-state index contributed by atoms with van der Waals surface area (Å²) in [5.74, 6) is -0.229. The first kappa shape index (κ1) is 20.6. The van der Waals surface area contributed by atoms with Crippen molar-refractivity contribution in [2.45, 2.75) is 20.4 Å². The SMILES string of the molecule is CCn1c(=O)[nH]c2cc(C(=O)N3CCN(C(=O)c4ccc(C)cc4)CC3)ccc2c1=O. The third kappa shape index (κ3) is 3.88. The number of hydrogen-bond acceptors (Lipinski definition) is 4. The molecule has 0 spiro atoms. The van der Waals surface area contributed by atoms with Crippen LogP contribution in [0.2, 0.25) is 0 Å². The molecule has 1 fully saturated rings. The van der Waals surface area contributed by atoms with Crippen LogP contribution in [-0.4, -0.2) is 57.3 Å². The van der Waals surface area contributed by atoms with Crippen molar-refractivity contribution in [3.05, 3.63) is 80.0 Å². The van der Waals surface area contributed by atoms with Gasteiger partial charge in [-0.05, 0) is 44.2 Å². The number of aryl methyl sites for hydroxylation is 1. The normalized spacial score (nSPS) is 14.1. The summed E-state index contributed by atoms with van der Waals surface area (Å²) in [6.07, 6.45) is 0. The number of rotatable bonds is 3. The van der Waals surface area contributed by atoms with E-state index in [1.54, 1.807) is 34.9 Å². The lowest BCUT2D eigenvalue weighted by atomic mass is 10.1. The van der Waals surface area contributed by atoms with E-state index < -0.39 is 5.69 Å². The first-order valence-corrected chi connectivity index (χ1v) is 10.3. The van der Waals surface area contributed by atoms with Gasteiger partial charge in [0, 0.05) is 43.9 Å². The van der Waals surface area contributed by atoms with Crippen molar-refractivity contribution in [3.8, 4) is 0 Å². The monoisotopic (exact) mass is 420 g/mol. The minimum absolute atomic E-state index is 0.0393. The molecule has 1 aliphatic rings. The van der Waals surface area contributed by atoms with Crippen molar-refractivity contribution in [3.63, 3.8) is 0 Å². The summed E-state index contributed by atoms with van der Waals surface area (Å²) < 4.78 is 1.12. The maximum absolute atomic E-state index is 13.0. The molecular formula is C23H24N4O4. The number of nitrogens with zero attached hydrogens (tertiary/aromatic N) is 3. The number of hydrogen-bond donors (Lipinski definition) is 1. The molecule has 0 atom stereocenters. The molecule has 0 unspecified atom stereocenters. The van der Waals surface area contributed by atoms with Crippen LogP contribution in [0.5, 0.6) is 0 Å². The van der Waals surface area contributed by atoms with Gasteiger partial charge in [0.1, 0.15) is 0 Å². The maximum Gasteiger partial charge on any atom is 0.328 e.